The monoisotopic (exact) mass is 418 g/mol. The van der Waals surface area contributed by atoms with E-state index >= 15 is 0 Å². The van der Waals surface area contributed by atoms with Gasteiger partial charge in [0.15, 0.2) is 0 Å². The first kappa shape index (κ1) is 22.9. The predicted octanol–water partition coefficient (Wildman–Crippen LogP) is 6.41. The summed E-state index contributed by atoms with van der Waals surface area (Å²) in [6.45, 7) is 14.5. The van der Waals surface area contributed by atoms with Gasteiger partial charge in [-0.1, -0.05) is 41.5 Å². The summed E-state index contributed by atoms with van der Waals surface area (Å²) in [4.78, 5) is 11.6. The lowest BCUT2D eigenvalue weighted by Crippen LogP contribution is -2.17. The van der Waals surface area contributed by atoms with Crippen LogP contribution in [0.25, 0.3) is 0 Å². The average Bonchev–Trinajstić information content (AvgIpc) is 2.59. The molecule has 0 unspecified atom stereocenters. The van der Waals surface area contributed by atoms with E-state index in [1.807, 2.05) is 60.6 Å². The Morgan fingerprint density at radius 2 is 1.62 bits per heavy atom. The number of benzene rings is 2. The quantitative estimate of drug-likeness (QED) is 0.244. The number of aromatic hydroxyl groups is 1. The summed E-state index contributed by atoms with van der Waals surface area (Å²) in [5.41, 5.74) is 1.92. The van der Waals surface area contributed by atoms with Gasteiger partial charge < -0.3 is 14.6 Å². The number of nitrogens with one attached hydrogen (secondary N) is 1. The van der Waals surface area contributed by atoms with E-state index in [0.717, 1.165) is 16.8 Å². The van der Waals surface area contributed by atoms with E-state index < -0.39 is 4.92 Å². The van der Waals surface area contributed by atoms with E-state index in [9.17, 15) is 15.2 Å². The fourth-order valence-electron chi connectivity index (χ4n) is 2.93. The second kappa shape index (κ2) is 8.53. The molecule has 158 valence electrons. The smallest absolute Gasteiger partial charge is 0.288 e. The van der Waals surface area contributed by atoms with E-state index in [-0.39, 0.29) is 16.5 Å². The van der Waals surface area contributed by atoms with E-state index in [2.05, 4.69) is 4.72 Å². The molecule has 2 aromatic carbocycles. The minimum atomic E-state index is -0.412. The molecule has 29 heavy (non-hydrogen) atoms. The van der Waals surface area contributed by atoms with E-state index in [1.54, 1.807) is 12.1 Å². The first-order valence-corrected chi connectivity index (χ1v) is 10.4. The molecule has 0 aliphatic rings. The van der Waals surface area contributed by atoms with Gasteiger partial charge in [-0.05, 0) is 54.0 Å². The molecule has 0 aliphatic carbocycles. The molecule has 0 atom stereocenters. The first-order valence-electron chi connectivity index (χ1n) is 9.56. The van der Waals surface area contributed by atoms with Crippen molar-refractivity contribution in [1.29, 1.82) is 0 Å². The molecule has 2 rings (SSSR count). The van der Waals surface area contributed by atoms with Crippen molar-refractivity contribution in [3.63, 3.8) is 0 Å². The summed E-state index contributed by atoms with van der Waals surface area (Å²) in [5.74, 6) is 0.769. The number of nitro groups is 1. The van der Waals surface area contributed by atoms with E-state index in [1.165, 1.54) is 18.0 Å². The van der Waals surface area contributed by atoms with Crippen LogP contribution in [-0.2, 0) is 10.8 Å². The Morgan fingerprint density at radius 1 is 1.07 bits per heavy atom. The summed E-state index contributed by atoms with van der Waals surface area (Å²) in [6.07, 6.45) is 0. The summed E-state index contributed by atoms with van der Waals surface area (Å²) < 4.78 is 8.59. The standard InChI is InChI=1S/C22H30N2O4S/c1-8-28-15-9-10-19(18(13-15)24(26)27)29-23-14-11-16(21(2,3)4)20(25)17(12-14)22(5,6)7/h9-13,23,25H,8H2,1-7H3. The Bertz CT molecular complexity index is 864. The van der Waals surface area contributed by atoms with Crippen LogP contribution in [0.4, 0.5) is 11.4 Å². The fraction of sp³-hybridized carbons (Fsp3) is 0.455. The lowest BCUT2D eigenvalue weighted by Gasteiger charge is -2.28. The normalized spacial score (nSPS) is 12.0. The lowest BCUT2D eigenvalue weighted by molar-refractivity contribution is -0.387. The number of hydrogen-bond donors (Lipinski definition) is 2. The number of phenolic OH excluding ortho intramolecular Hbond substituents is 1. The molecule has 6 nitrogen and oxygen atoms in total. The maximum absolute atomic E-state index is 11.5. The van der Waals surface area contributed by atoms with Crippen molar-refractivity contribution in [3.8, 4) is 11.5 Å². The Kier molecular flexibility index (Phi) is 6.73. The molecule has 0 saturated heterocycles. The van der Waals surface area contributed by atoms with Crippen LogP contribution in [0.2, 0.25) is 0 Å². The van der Waals surface area contributed by atoms with E-state index in [0.29, 0.717) is 23.0 Å². The van der Waals surface area contributed by atoms with Gasteiger partial charge in [-0.2, -0.15) is 0 Å². The number of nitrogens with zero attached hydrogens (tertiary/aromatic N) is 1. The van der Waals surface area contributed by atoms with Crippen molar-refractivity contribution in [3.05, 3.63) is 51.6 Å². The number of phenols is 1. The Hall–Kier alpha value is -2.41. The zero-order valence-corrected chi connectivity index (χ0v) is 18.9. The highest BCUT2D eigenvalue weighted by atomic mass is 32.2. The molecular formula is C22H30N2O4S. The topological polar surface area (TPSA) is 84.6 Å². The van der Waals surface area contributed by atoms with Gasteiger partial charge in [0.25, 0.3) is 5.69 Å². The Labute approximate surface area is 177 Å². The van der Waals surface area contributed by atoms with Crippen LogP contribution in [-0.4, -0.2) is 16.6 Å². The third-order valence-corrected chi connectivity index (χ3v) is 5.35. The largest absolute Gasteiger partial charge is 0.507 e. The van der Waals surface area contributed by atoms with Crippen LogP contribution >= 0.6 is 11.9 Å². The third kappa shape index (κ3) is 5.56. The molecule has 0 aliphatic heterocycles. The molecule has 2 aromatic rings. The minimum Gasteiger partial charge on any atom is -0.507 e. The lowest BCUT2D eigenvalue weighted by atomic mass is 9.79. The highest BCUT2D eigenvalue weighted by Gasteiger charge is 2.27. The first-order chi connectivity index (χ1) is 13.3. The number of hydrogen-bond acceptors (Lipinski definition) is 6. The molecule has 0 aromatic heterocycles. The number of nitro benzene ring substituents is 1. The SMILES string of the molecule is CCOc1ccc(SNc2cc(C(C)(C)C)c(O)c(C(C)(C)C)c2)c([N+](=O)[O-])c1. The van der Waals surface area contributed by atoms with Gasteiger partial charge in [0, 0.05) is 16.8 Å². The summed E-state index contributed by atoms with van der Waals surface area (Å²) in [5, 5.41) is 22.3. The maximum atomic E-state index is 11.5. The third-order valence-electron chi connectivity index (χ3n) is 4.44. The van der Waals surface area contributed by atoms with Crippen molar-refractivity contribution in [1.82, 2.24) is 0 Å². The van der Waals surface area contributed by atoms with Gasteiger partial charge in [0.1, 0.15) is 16.4 Å². The summed E-state index contributed by atoms with van der Waals surface area (Å²) >= 11 is 1.17. The highest BCUT2D eigenvalue weighted by Crippen LogP contribution is 2.42. The second-order valence-electron chi connectivity index (χ2n) is 8.94. The molecule has 0 fully saturated rings. The molecule has 0 spiro atoms. The molecule has 2 N–H and O–H groups in total. The molecule has 0 bridgehead atoms. The molecule has 0 saturated carbocycles. The van der Waals surface area contributed by atoms with Crippen molar-refractivity contribution in [2.45, 2.75) is 64.2 Å². The van der Waals surface area contributed by atoms with Gasteiger partial charge >= 0.3 is 0 Å². The Morgan fingerprint density at radius 3 is 2.07 bits per heavy atom. The zero-order chi connectivity index (χ0) is 22.0. The molecule has 0 radical (unpaired) electrons. The van der Waals surface area contributed by atoms with Crippen molar-refractivity contribution >= 4 is 23.3 Å². The maximum Gasteiger partial charge on any atom is 0.288 e. The van der Waals surface area contributed by atoms with Gasteiger partial charge in [-0.15, -0.1) is 0 Å². The predicted molar refractivity (Wildman–Crippen MR) is 119 cm³/mol. The summed E-state index contributed by atoms with van der Waals surface area (Å²) in [6, 6.07) is 8.64. The van der Waals surface area contributed by atoms with Crippen LogP contribution in [0.3, 0.4) is 0 Å². The average molecular weight is 419 g/mol. The minimum absolute atomic E-state index is 0.0145. The van der Waals surface area contributed by atoms with Gasteiger partial charge in [0.05, 0.1) is 17.6 Å². The molecular weight excluding hydrogens is 388 g/mol. The number of rotatable bonds is 6. The molecule has 7 heteroatoms. The van der Waals surface area contributed by atoms with Crippen LogP contribution in [0.5, 0.6) is 11.5 Å². The van der Waals surface area contributed by atoms with Crippen molar-refractivity contribution in [2.75, 3.05) is 11.3 Å². The highest BCUT2D eigenvalue weighted by molar-refractivity contribution is 8.00. The second-order valence-corrected chi connectivity index (χ2v) is 9.79. The fourth-order valence-corrected chi connectivity index (χ4v) is 3.65. The van der Waals surface area contributed by atoms with Gasteiger partial charge in [-0.25, -0.2) is 0 Å². The van der Waals surface area contributed by atoms with Gasteiger partial charge in [-0.3, -0.25) is 10.1 Å². The van der Waals surface area contributed by atoms with Crippen LogP contribution in [0.15, 0.2) is 35.2 Å². The van der Waals surface area contributed by atoms with Crippen LogP contribution in [0, 0.1) is 10.1 Å². The van der Waals surface area contributed by atoms with Crippen LogP contribution in [0.1, 0.15) is 59.6 Å². The number of ether oxygens (including phenoxy) is 1. The number of anilines is 1. The molecule has 0 heterocycles. The van der Waals surface area contributed by atoms with Crippen LogP contribution < -0.4 is 9.46 Å². The van der Waals surface area contributed by atoms with Crippen molar-refractivity contribution < 1.29 is 14.8 Å². The van der Waals surface area contributed by atoms with Crippen molar-refractivity contribution in [2.24, 2.45) is 0 Å². The van der Waals surface area contributed by atoms with E-state index in [4.69, 9.17) is 4.74 Å². The summed E-state index contributed by atoms with van der Waals surface area (Å²) in [7, 11) is 0. The molecule has 0 amide bonds. The zero-order valence-electron chi connectivity index (χ0n) is 18.1. The Balaban J connectivity index is 2.42. The van der Waals surface area contributed by atoms with Gasteiger partial charge in [0.2, 0.25) is 0 Å².